The molecule has 0 saturated carbocycles. The fourth-order valence-electron chi connectivity index (χ4n) is 3.16. The van der Waals surface area contributed by atoms with Gasteiger partial charge in [0, 0.05) is 48.5 Å². The molecule has 1 aliphatic heterocycles. The van der Waals surface area contributed by atoms with E-state index in [1.807, 2.05) is 4.90 Å². The maximum Gasteiger partial charge on any atom is 0.338 e. The number of hydrogen-bond donors (Lipinski definition) is 0. The molecule has 2 aromatic carbocycles. The van der Waals surface area contributed by atoms with Crippen molar-refractivity contribution in [3.05, 3.63) is 62.6 Å². The van der Waals surface area contributed by atoms with E-state index in [0.717, 1.165) is 5.69 Å². The van der Waals surface area contributed by atoms with Gasteiger partial charge in [0.25, 0.3) is 5.69 Å². The summed E-state index contributed by atoms with van der Waals surface area (Å²) in [6.45, 7) is 3.37. The van der Waals surface area contributed by atoms with Gasteiger partial charge in [-0.15, -0.1) is 0 Å². The van der Waals surface area contributed by atoms with E-state index in [4.69, 9.17) is 4.74 Å². The molecule has 0 atom stereocenters. The number of ether oxygens (including phenoxy) is 1. The van der Waals surface area contributed by atoms with E-state index >= 15 is 0 Å². The van der Waals surface area contributed by atoms with Gasteiger partial charge in [-0.2, -0.15) is 4.31 Å². The van der Waals surface area contributed by atoms with Crippen molar-refractivity contribution in [1.29, 1.82) is 0 Å². The molecule has 0 aromatic heterocycles. The molecule has 0 unspecified atom stereocenters. The number of halogens is 1. The molecular formula is C19H20BrN3O6S. The number of nitro groups is 1. The highest BCUT2D eigenvalue weighted by Gasteiger charge is 2.30. The van der Waals surface area contributed by atoms with Gasteiger partial charge >= 0.3 is 5.97 Å². The second-order valence-corrected chi connectivity index (χ2v) is 9.29. The number of esters is 1. The number of nitro benzene ring substituents is 1. The van der Waals surface area contributed by atoms with E-state index in [1.54, 1.807) is 19.1 Å². The summed E-state index contributed by atoms with van der Waals surface area (Å²) >= 11 is 3.26. The minimum Gasteiger partial charge on any atom is -0.462 e. The second-order valence-electron chi connectivity index (χ2n) is 6.53. The number of hydrogen-bond acceptors (Lipinski definition) is 7. The van der Waals surface area contributed by atoms with Gasteiger partial charge in [-0.25, -0.2) is 13.2 Å². The molecule has 1 heterocycles. The molecule has 0 bridgehead atoms. The number of sulfonamides is 1. The quantitative estimate of drug-likeness (QED) is 0.342. The second kappa shape index (κ2) is 9.11. The van der Waals surface area contributed by atoms with Crippen LogP contribution in [0.4, 0.5) is 11.4 Å². The average Bonchev–Trinajstić information content (AvgIpc) is 2.74. The molecule has 30 heavy (non-hydrogen) atoms. The van der Waals surface area contributed by atoms with Crippen LogP contribution in [0.2, 0.25) is 0 Å². The fraction of sp³-hybridized carbons (Fsp3) is 0.316. The zero-order valence-corrected chi connectivity index (χ0v) is 18.6. The highest BCUT2D eigenvalue weighted by Crippen LogP contribution is 2.28. The van der Waals surface area contributed by atoms with E-state index in [1.165, 1.54) is 34.6 Å². The van der Waals surface area contributed by atoms with Crippen molar-refractivity contribution in [3.63, 3.8) is 0 Å². The van der Waals surface area contributed by atoms with E-state index in [-0.39, 0.29) is 35.8 Å². The Morgan fingerprint density at radius 2 is 1.77 bits per heavy atom. The van der Waals surface area contributed by atoms with Gasteiger partial charge < -0.3 is 9.64 Å². The summed E-state index contributed by atoms with van der Waals surface area (Å²) in [5, 5.41) is 10.8. The average molecular weight is 498 g/mol. The monoisotopic (exact) mass is 497 g/mol. The molecule has 0 aliphatic carbocycles. The molecule has 2 aromatic rings. The maximum atomic E-state index is 13.1. The number of rotatable bonds is 6. The third-order valence-corrected chi connectivity index (χ3v) is 7.60. The lowest BCUT2D eigenvalue weighted by molar-refractivity contribution is -0.384. The molecule has 1 fully saturated rings. The van der Waals surface area contributed by atoms with Crippen LogP contribution in [-0.4, -0.2) is 56.4 Å². The van der Waals surface area contributed by atoms with Crippen molar-refractivity contribution >= 4 is 43.3 Å². The van der Waals surface area contributed by atoms with E-state index in [0.29, 0.717) is 17.6 Å². The van der Waals surface area contributed by atoms with Crippen molar-refractivity contribution in [2.75, 3.05) is 37.7 Å². The van der Waals surface area contributed by atoms with E-state index in [9.17, 15) is 23.3 Å². The van der Waals surface area contributed by atoms with Gasteiger partial charge in [0.1, 0.15) is 0 Å². The number of non-ortho nitro benzene ring substituents is 1. The first-order valence-corrected chi connectivity index (χ1v) is 11.4. The number of carbonyl (C=O) groups excluding carboxylic acids is 1. The molecule has 160 valence electrons. The molecule has 0 N–H and O–H groups in total. The first kappa shape index (κ1) is 22.2. The summed E-state index contributed by atoms with van der Waals surface area (Å²) in [5.74, 6) is -0.515. The topological polar surface area (TPSA) is 110 Å². The Hall–Kier alpha value is -2.50. The Bertz CT molecular complexity index is 1050. The zero-order valence-electron chi connectivity index (χ0n) is 16.2. The van der Waals surface area contributed by atoms with Crippen LogP contribution >= 0.6 is 15.9 Å². The van der Waals surface area contributed by atoms with Crippen molar-refractivity contribution in [1.82, 2.24) is 4.31 Å². The zero-order chi connectivity index (χ0) is 21.9. The SMILES string of the molecule is CCOC(=O)c1ccc(S(=O)(=O)N2CCN(c3ccc([N+](=O)[O-])cc3)CC2)c(Br)c1. The smallest absolute Gasteiger partial charge is 0.338 e. The number of anilines is 1. The van der Waals surface area contributed by atoms with Crippen molar-refractivity contribution in [2.45, 2.75) is 11.8 Å². The van der Waals surface area contributed by atoms with Gasteiger partial charge in [-0.05, 0) is 53.2 Å². The summed E-state index contributed by atoms with van der Waals surface area (Å²) in [6, 6.07) is 10.5. The van der Waals surface area contributed by atoms with Crippen LogP contribution in [-0.2, 0) is 14.8 Å². The molecule has 11 heteroatoms. The van der Waals surface area contributed by atoms with Crippen LogP contribution in [0.25, 0.3) is 0 Å². The van der Waals surface area contributed by atoms with Crippen molar-refractivity contribution in [2.24, 2.45) is 0 Å². The minimum absolute atomic E-state index is 0.0103. The lowest BCUT2D eigenvalue weighted by atomic mass is 10.2. The summed E-state index contributed by atoms with van der Waals surface area (Å²) in [4.78, 5) is 24.2. The predicted octanol–water partition coefficient (Wildman–Crippen LogP) is 3.04. The van der Waals surface area contributed by atoms with Gasteiger partial charge in [0.2, 0.25) is 10.0 Å². The first-order chi connectivity index (χ1) is 14.2. The molecule has 1 saturated heterocycles. The van der Waals surface area contributed by atoms with Gasteiger partial charge in [-0.1, -0.05) is 0 Å². The number of carbonyl (C=O) groups is 1. The highest BCUT2D eigenvalue weighted by molar-refractivity contribution is 9.10. The van der Waals surface area contributed by atoms with E-state index in [2.05, 4.69) is 15.9 Å². The van der Waals surface area contributed by atoms with Crippen LogP contribution < -0.4 is 4.90 Å². The summed E-state index contributed by atoms with van der Waals surface area (Å²) in [5.41, 5.74) is 1.08. The Kier molecular flexibility index (Phi) is 6.74. The maximum absolute atomic E-state index is 13.1. The molecule has 9 nitrogen and oxygen atoms in total. The minimum atomic E-state index is -3.75. The summed E-state index contributed by atoms with van der Waals surface area (Å²) < 4.78 is 32.7. The van der Waals surface area contributed by atoms with Gasteiger partial charge in [-0.3, -0.25) is 10.1 Å². The van der Waals surface area contributed by atoms with Crippen LogP contribution in [0.15, 0.2) is 51.8 Å². The largest absolute Gasteiger partial charge is 0.462 e. The van der Waals surface area contributed by atoms with Gasteiger partial charge in [0.05, 0.1) is 22.0 Å². The molecule has 0 amide bonds. The van der Waals surface area contributed by atoms with Crippen molar-refractivity contribution in [3.8, 4) is 0 Å². The Balaban J connectivity index is 1.71. The predicted molar refractivity (Wildman–Crippen MR) is 114 cm³/mol. The molecule has 3 rings (SSSR count). The third-order valence-electron chi connectivity index (χ3n) is 4.73. The molecular weight excluding hydrogens is 478 g/mol. The van der Waals surface area contributed by atoms with E-state index < -0.39 is 20.9 Å². The standard InChI is InChI=1S/C19H20BrN3O6S/c1-2-29-19(24)14-3-8-18(17(20)13-14)30(27,28)22-11-9-21(10-12-22)15-4-6-16(7-5-15)23(25)26/h3-8,13H,2,9-12H2,1H3. The van der Waals surface area contributed by atoms with Crippen LogP contribution in [0, 0.1) is 10.1 Å². The van der Waals surface area contributed by atoms with Crippen molar-refractivity contribution < 1.29 is 22.9 Å². The number of nitrogens with zero attached hydrogens (tertiary/aromatic N) is 3. The fourth-order valence-corrected chi connectivity index (χ4v) is 5.62. The Morgan fingerprint density at radius 3 is 2.30 bits per heavy atom. The molecule has 1 aliphatic rings. The Morgan fingerprint density at radius 1 is 1.13 bits per heavy atom. The lowest BCUT2D eigenvalue weighted by Crippen LogP contribution is -2.48. The first-order valence-electron chi connectivity index (χ1n) is 9.20. The van der Waals surface area contributed by atoms with Crippen LogP contribution in [0.1, 0.15) is 17.3 Å². The lowest BCUT2D eigenvalue weighted by Gasteiger charge is -2.35. The highest BCUT2D eigenvalue weighted by atomic mass is 79.9. The molecule has 0 radical (unpaired) electrons. The Labute approximate surface area is 182 Å². The van der Waals surface area contributed by atoms with Crippen LogP contribution in [0.3, 0.4) is 0 Å². The van der Waals surface area contributed by atoms with Crippen LogP contribution in [0.5, 0.6) is 0 Å². The number of piperazine rings is 1. The normalized spacial score (nSPS) is 15.1. The van der Waals surface area contributed by atoms with Gasteiger partial charge in [0.15, 0.2) is 0 Å². The third kappa shape index (κ3) is 4.63. The summed E-state index contributed by atoms with van der Waals surface area (Å²) in [7, 11) is -3.75. The summed E-state index contributed by atoms with van der Waals surface area (Å²) in [6.07, 6.45) is 0. The molecule has 0 spiro atoms. The number of benzene rings is 2.